The highest BCUT2D eigenvalue weighted by atomic mass is 16.3. The number of benzene rings is 1. The van der Waals surface area contributed by atoms with E-state index in [1.807, 2.05) is 0 Å². The minimum absolute atomic E-state index is 0.171. The molecule has 0 saturated heterocycles. The molecule has 3 atom stereocenters. The number of hydrogen-bond acceptors (Lipinski definition) is 1. The molecule has 0 bridgehead atoms. The second kappa shape index (κ2) is 3.15. The van der Waals surface area contributed by atoms with Crippen molar-refractivity contribution >= 4 is 0 Å². The largest absolute Gasteiger partial charge is 0.392 e. The van der Waals surface area contributed by atoms with Gasteiger partial charge in [0.05, 0.1) is 6.10 Å². The van der Waals surface area contributed by atoms with Gasteiger partial charge in [-0.3, -0.25) is 0 Å². The van der Waals surface area contributed by atoms with Crippen LogP contribution in [0.5, 0.6) is 0 Å². The third kappa shape index (κ3) is 1.37. The minimum Gasteiger partial charge on any atom is -0.392 e. The summed E-state index contributed by atoms with van der Waals surface area (Å²) >= 11 is 0. The van der Waals surface area contributed by atoms with Crippen molar-refractivity contribution in [3.63, 3.8) is 0 Å². The van der Waals surface area contributed by atoms with E-state index in [4.69, 9.17) is 0 Å². The van der Waals surface area contributed by atoms with Gasteiger partial charge in [-0.2, -0.15) is 0 Å². The maximum atomic E-state index is 9.89. The Morgan fingerprint density at radius 3 is 2.69 bits per heavy atom. The Bertz CT molecular complexity index is 306. The molecule has 1 nitrogen and oxygen atoms in total. The van der Waals surface area contributed by atoms with E-state index >= 15 is 0 Å². The van der Waals surface area contributed by atoms with Gasteiger partial charge >= 0.3 is 0 Å². The first kappa shape index (κ1) is 8.76. The van der Waals surface area contributed by atoms with Crippen molar-refractivity contribution in [2.75, 3.05) is 0 Å². The topological polar surface area (TPSA) is 20.2 Å². The molecule has 1 aromatic carbocycles. The fourth-order valence-corrected chi connectivity index (χ4v) is 2.31. The van der Waals surface area contributed by atoms with E-state index in [0.717, 1.165) is 6.42 Å². The molecule has 0 amide bonds. The number of fused-ring (bicyclic) bond motifs is 1. The van der Waals surface area contributed by atoms with Crippen LogP contribution < -0.4 is 0 Å². The molecular weight excluding hydrogens is 160 g/mol. The Morgan fingerprint density at radius 2 is 1.92 bits per heavy atom. The van der Waals surface area contributed by atoms with Crippen molar-refractivity contribution in [1.29, 1.82) is 0 Å². The standard InChI is InChI=1S/C12H16O/c1-8-7-10-5-3-4-6-11(10)9(2)12(8)13/h3-6,8-9,12-13H,7H2,1-2H3. The van der Waals surface area contributed by atoms with Gasteiger partial charge in [0.25, 0.3) is 0 Å². The van der Waals surface area contributed by atoms with Crippen LogP contribution >= 0.6 is 0 Å². The number of aliphatic hydroxyl groups excluding tert-OH is 1. The summed E-state index contributed by atoms with van der Waals surface area (Å²) in [7, 11) is 0. The maximum Gasteiger partial charge on any atom is 0.0634 e. The van der Waals surface area contributed by atoms with Gasteiger partial charge in [0.15, 0.2) is 0 Å². The van der Waals surface area contributed by atoms with Gasteiger partial charge < -0.3 is 5.11 Å². The average molecular weight is 176 g/mol. The smallest absolute Gasteiger partial charge is 0.0634 e. The van der Waals surface area contributed by atoms with E-state index in [-0.39, 0.29) is 6.10 Å². The van der Waals surface area contributed by atoms with E-state index in [1.165, 1.54) is 11.1 Å². The third-order valence-corrected chi connectivity index (χ3v) is 3.18. The lowest BCUT2D eigenvalue weighted by atomic mass is 9.76. The van der Waals surface area contributed by atoms with Crippen LogP contribution in [0, 0.1) is 5.92 Å². The molecule has 0 radical (unpaired) electrons. The summed E-state index contributed by atoms with van der Waals surface area (Å²) in [6.45, 7) is 4.23. The monoisotopic (exact) mass is 176 g/mol. The van der Waals surface area contributed by atoms with Crippen LogP contribution in [0.3, 0.4) is 0 Å². The van der Waals surface area contributed by atoms with E-state index < -0.39 is 0 Å². The van der Waals surface area contributed by atoms with E-state index in [0.29, 0.717) is 11.8 Å². The van der Waals surface area contributed by atoms with Gasteiger partial charge in [0.1, 0.15) is 0 Å². The lowest BCUT2D eigenvalue weighted by Gasteiger charge is -2.32. The minimum atomic E-state index is -0.171. The van der Waals surface area contributed by atoms with Crippen LogP contribution in [0.2, 0.25) is 0 Å². The summed E-state index contributed by atoms with van der Waals surface area (Å²) in [5, 5.41) is 9.89. The first-order valence-electron chi connectivity index (χ1n) is 4.96. The predicted octanol–water partition coefficient (Wildman–Crippen LogP) is 2.34. The molecule has 2 rings (SSSR count). The molecule has 0 saturated carbocycles. The molecular formula is C12H16O. The summed E-state index contributed by atoms with van der Waals surface area (Å²) in [6, 6.07) is 8.44. The molecule has 3 unspecified atom stereocenters. The van der Waals surface area contributed by atoms with Crippen LogP contribution in [0.1, 0.15) is 30.9 Å². The van der Waals surface area contributed by atoms with Crippen molar-refractivity contribution in [2.24, 2.45) is 5.92 Å². The summed E-state index contributed by atoms with van der Waals surface area (Å²) in [4.78, 5) is 0. The van der Waals surface area contributed by atoms with Gasteiger partial charge in [0.2, 0.25) is 0 Å². The van der Waals surface area contributed by atoms with E-state index in [1.54, 1.807) is 0 Å². The van der Waals surface area contributed by atoms with Crippen molar-refractivity contribution in [3.8, 4) is 0 Å². The normalized spacial score (nSPS) is 32.7. The van der Waals surface area contributed by atoms with E-state index in [9.17, 15) is 5.11 Å². The van der Waals surface area contributed by atoms with Gasteiger partial charge in [-0.05, 0) is 23.5 Å². The number of hydrogen-bond donors (Lipinski definition) is 1. The first-order valence-corrected chi connectivity index (χ1v) is 4.96. The predicted molar refractivity (Wildman–Crippen MR) is 53.7 cm³/mol. The molecule has 13 heavy (non-hydrogen) atoms. The molecule has 0 fully saturated rings. The summed E-state index contributed by atoms with van der Waals surface area (Å²) in [5.41, 5.74) is 2.74. The zero-order valence-electron chi connectivity index (χ0n) is 8.20. The molecule has 1 N–H and O–H groups in total. The Hall–Kier alpha value is -0.820. The van der Waals surface area contributed by atoms with Crippen molar-refractivity contribution in [3.05, 3.63) is 35.4 Å². The van der Waals surface area contributed by atoms with Gasteiger partial charge in [0, 0.05) is 5.92 Å². The second-order valence-corrected chi connectivity index (χ2v) is 4.16. The highest BCUT2D eigenvalue weighted by Crippen LogP contribution is 2.34. The Balaban J connectivity index is 2.43. The van der Waals surface area contributed by atoms with Gasteiger partial charge in [-0.25, -0.2) is 0 Å². The fourth-order valence-electron chi connectivity index (χ4n) is 2.31. The molecule has 0 aliphatic heterocycles. The van der Waals surface area contributed by atoms with Crippen LogP contribution in [-0.2, 0) is 6.42 Å². The molecule has 0 spiro atoms. The quantitative estimate of drug-likeness (QED) is 0.643. The fraction of sp³-hybridized carbons (Fsp3) is 0.500. The summed E-state index contributed by atoms with van der Waals surface area (Å²) in [5.74, 6) is 0.685. The molecule has 0 heterocycles. The molecule has 1 aliphatic rings. The highest BCUT2D eigenvalue weighted by molar-refractivity contribution is 5.33. The summed E-state index contributed by atoms with van der Waals surface area (Å²) < 4.78 is 0. The van der Waals surface area contributed by atoms with Gasteiger partial charge in [-0.15, -0.1) is 0 Å². The highest BCUT2D eigenvalue weighted by Gasteiger charge is 2.29. The lowest BCUT2D eigenvalue weighted by Crippen LogP contribution is -2.31. The van der Waals surface area contributed by atoms with Crippen molar-refractivity contribution in [2.45, 2.75) is 32.3 Å². The molecule has 0 aromatic heterocycles. The Kier molecular flexibility index (Phi) is 2.12. The second-order valence-electron chi connectivity index (χ2n) is 4.16. The average Bonchev–Trinajstić information content (AvgIpc) is 2.15. The van der Waals surface area contributed by atoms with Crippen LogP contribution in [-0.4, -0.2) is 11.2 Å². The molecule has 1 aromatic rings. The third-order valence-electron chi connectivity index (χ3n) is 3.18. The number of rotatable bonds is 0. The van der Waals surface area contributed by atoms with Crippen molar-refractivity contribution in [1.82, 2.24) is 0 Å². The zero-order chi connectivity index (χ0) is 9.42. The molecule has 1 heteroatoms. The van der Waals surface area contributed by atoms with Gasteiger partial charge in [-0.1, -0.05) is 38.1 Å². The SMILES string of the molecule is CC1Cc2ccccc2C(C)C1O. The van der Waals surface area contributed by atoms with E-state index in [2.05, 4.69) is 38.1 Å². The summed E-state index contributed by atoms with van der Waals surface area (Å²) in [6.07, 6.45) is 0.844. The maximum absolute atomic E-state index is 9.89. The zero-order valence-corrected chi connectivity index (χ0v) is 8.20. The van der Waals surface area contributed by atoms with Crippen LogP contribution in [0.25, 0.3) is 0 Å². The first-order chi connectivity index (χ1) is 6.20. The molecule has 70 valence electrons. The van der Waals surface area contributed by atoms with Crippen LogP contribution in [0.4, 0.5) is 0 Å². The molecule has 1 aliphatic carbocycles. The van der Waals surface area contributed by atoms with Crippen molar-refractivity contribution < 1.29 is 5.11 Å². The Labute approximate surface area is 79.4 Å². The number of aliphatic hydroxyl groups is 1. The van der Waals surface area contributed by atoms with Crippen LogP contribution in [0.15, 0.2) is 24.3 Å². The lowest BCUT2D eigenvalue weighted by molar-refractivity contribution is 0.0852. The Morgan fingerprint density at radius 1 is 1.23 bits per heavy atom.